The maximum Gasteiger partial charge on any atom is 0.305 e. The number of hydrogen-bond donors (Lipinski definition) is 4. The van der Waals surface area contributed by atoms with Gasteiger partial charge in [-0.3, -0.25) is 19.2 Å². The SMILES string of the molecule is O=C(O)CC1Nc2ccc(C(=O)NCC(=O)c3nc4ccccc4[nH]3)cc2CN(CCc2ccccc2)C1=O. The van der Waals surface area contributed by atoms with Crippen LogP contribution in [0.15, 0.2) is 72.8 Å². The van der Waals surface area contributed by atoms with Gasteiger partial charge in [-0.25, -0.2) is 4.98 Å². The van der Waals surface area contributed by atoms with Crippen molar-refractivity contribution >= 4 is 40.3 Å². The van der Waals surface area contributed by atoms with Crippen LogP contribution in [0, 0.1) is 0 Å². The van der Waals surface area contributed by atoms with Crippen LogP contribution in [-0.2, 0) is 22.6 Å². The maximum atomic E-state index is 13.2. The number of nitrogens with zero attached hydrogens (tertiary/aromatic N) is 2. The number of hydrogen-bond acceptors (Lipinski definition) is 6. The highest BCUT2D eigenvalue weighted by Crippen LogP contribution is 2.26. The van der Waals surface area contributed by atoms with Crippen molar-refractivity contribution in [1.82, 2.24) is 20.2 Å². The number of H-pyrrole nitrogens is 1. The van der Waals surface area contributed by atoms with E-state index < -0.39 is 17.9 Å². The van der Waals surface area contributed by atoms with E-state index in [1.54, 1.807) is 29.2 Å². The fourth-order valence-electron chi connectivity index (χ4n) is 4.60. The van der Waals surface area contributed by atoms with E-state index in [4.69, 9.17) is 0 Å². The molecule has 1 atom stereocenters. The van der Waals surface area contributed by atoms with Crippen LogP contribution >= 0.6 is 0 Å². The molecule has 198 valence electrons. The van der Waals surface area contributed by atoms with Crippen LogP contribution in [0.1, 0.15) is 38.5 Å². The van der Waals surface area contributed by atoms with Crippen molar-refractivity contribution < 1.29 is 24.3 Å². The van der Waals surface area contributed by atoms with E-state index in [1.165, 1.54) is 0 Å². The number of aromatic nitrogens is 2. The molecular weight excluding hydrogens is 498 g/mol. The summed E-state index contributed by atoms with van der Waals surface area (Å²) in [6.07, 6.45) is 0.234. The van der Waals surface area contributed by atoms with Crippen LogP contribution in [0.2, 0.25) is 0 Å². The second kappa shape index (κ2) is 11.2. The van der Waals surface area contributed by atoms with E-state index in [2.05, 4.69) is 20.6 Å². The number of aromatic amines is 1. The third kappa shape index (κ3) is 5.96. The van der Waals surface area contributed by atoms with Crippen LogP contribution in [0.3, 0.4) is 0 Å². The summed E-state index contributed by atoms with van der Waals surface area (Å²) in [6, 6.07) is 20.9. The number of nitrogens with one attached hydrogen (secondary N) is 3. The number of anilines is 1. The van der Waals surface area contributed by atoms with Gasteiger partial charge in [0.15, 0.2) is 5.82 Å². The van der Waals surface area contributed by atoms with Gasteiger partial charge in [-0.15, -0.1) is 0 Å². The average Bonchev–Trinajstić information content (AvgIpc) is 3.33. The Labute approximate surface area is 224 Å². The molecule has 3 aromatic carbocycles. The third-order valence-corrected chi connectivity index (χ3v) is 6.62. The van der Waals surface area contributed by atoms with Gasteiger partial charge in [-0.2, -0.15) is 0 Å². The molecule has 1 unspecified atom stereocenters. The van der Waals surface area contributed by atoms with Crippen molar-refractivity contribution in [3.63, 3.8) is 0 Å². The number of para-hydroxylation sites is 2. The third-order valence-electron chi connectivity index (χ3n) is 6.62. The Balaban J connectivity index is 1.31. The standard InChI is InChI=1S/C29H27N5O5/c35-25(27-32-22-8-4-5-9-23(22)33-27)16-30-28(38)19-10-11-21-20(14-19)17-34(13-12-18-6-2-1-3-7-18)29(39)24(31-21)15-26(36)37/h1-11,14,24,31H,12-13,15-17H2,(H,30,38)(H,32,33)(H,36,37). The molecule has 4 N–H and O–H groups in total. The molecule has 10 heteroatoms. The highest BCUT2D eigenvalue weighted by atomic mass is 16.4. The van der Waals surface area contributed by atoms with Crippen molar-refractivity contribution in [3.05, 3.63) is 95.3 Å². The number of carbonyl (C=O) groups excluding carboxylic acids is 3. The van der Waals surface area contributed by atoms with Crippen molar-refractivity contribution in [2.75, 3.05) is 18.4 Å². The minimum absolute atomic E-state index is 0.166. The van der Waals surface area contributed by atoms with Crippen molar-refractivity contribution in [2.24, 2.45) is 0 Å². The Hall–Kier alpha value is -4.99. The Morgan fingerprint density at radius 1 is 1.03 bits per heavy atom. The van der Waals surface area contributed by atoms with Crippen molar-refractivity contribution in [2.45, 2.75) is 25.4 Å². The van der Waals surface area contributed by atoms with Crippen LogP contribution in [0.25, 0.3) is 11.0 Å². The summed E-state index contributed by atoms with van der Waals surface area (Å²) in [5.74, 6) is -2.04. The molecule has 0 bridgehead atoms. The van der Waals surface area contributed by atoms with Gasteiger partial charge < -0.3 is 25.6 Å². The Bertz CT molecular complexity index is 1520. The van der Waals surface area contributed by atoms with Gasteiger partial charge >= 0.3 is 5.97 Å². The molecule has 5 rings (SSSR count). The molecule has 0 spiro atoms. The molecule has 1 aromatic heterocycles. The fraction of sp³-hybridized carbons (Fsp3) is 0.207. The number of aliphatic carboxylic acids is 1. The predicted molar refractivity (Wildman–Crippen MR) is 144 cm³/mol. The highest BCUT2D eigenvalue weighted by molar-refractivity contribution is 6.02. The number of rotatable bonds is 9. The first-order valence-corrected chi connectivity index (χ1v) is 12.6. The highest BCUT2D eigenvalue weighted by Gasteiger charge is 2.31. The number of fused-ring (bicyclic) bond motifs is 2. The summed E-state index contributed by atoms with van der Waals surface area (Å²) in [5, 5.41) is 15.1. The first-order chi connectivity index (χ1) is 18.9. The Morgan fingerprint density at radius 2 is 1.79 bits per heavy atom. The summed E-state index contributed by atoms with van der Waals surface area (Å²) >= 11 is 0. The van der Waals surface area contributed by atoms with E-state index in [-0.39, 0.29) is 37.0 Å². The van der Waals surface area contributed by atoms with E-state index in [1.807, 2.05) is 48.5 Å². The van der Waals surface area contributed by atoms with Gasteiger partial charge in [0, 0.05) is 24.3 Å². The van der Waals surface area contributed by atoms with Crippen LogP contribution < -0.4 is 10.6 Å². The summed E-state index contributed by atoms with van der Waals surface area (Å²) in [4.78, 5) is 59.1. The molecule has 0 saturated carbocycles. The number of amides is 2. The van der Waals surface area contributed by atoms with E-state index in [0.29, 0.717) is 35.3 Å². The minimum atomic E-state index is -1.09. The molecule has 4 aromatic rings. The Kier molecular flexibility index (Phi) is 7.35. The maximum absolute atomic E-state index is 13.2. The largest absolute Gasteiger partial charge is 0.481 e. The topological polar surface area (TPSA) is 144 Å². The molecule has 0 radical (unpaired) electrons. The lowest BCUT2D eigenvalue weighted by molar-refractivity contribution is -0.141. The van der Waals surface area contributed by atoms with Crippen LogP contribution in [-0.4, -0.2) is 62.7 Å². The second-order valence-electron chi connectivity index (χ2n) is 9.37. The lowest BCUT2D eigenvalue weighted by atomic mass is 10.1. The predicted octanol–water partition coefficient (Wildman–Crippen LogP) is 3.02. The monoisotopic (exact) mass is 525 g/mol. The summed E-state index contributed by atoms with van der Waals surface area (Å²) in [5.41, 5.74) is 4.04. The summed E-state index contributed by atoms with van der Waals surface area (Å²) in [6.45, 7) is 0.363. The molecular formula is C29H27N5O5. The number of carboxylic acid groups (broad SMARTS) is 1. The smallest absolute Gasteiger partial charge is 0.305 e. The zero-order valence-electron chi connectivity index (χ0n) is 21.0. The zero-order chi connectivity index (χ0) is 27.4. The molecule has 39 heavy (non-hydrogen) atoms. The van der Waals surface area contributed by atoms with Crippen LogP contribution in [0.4, 0.5) is 5.69 Å². The normalized spacial score (nSPS) is 14.8. The van der Waals surface area contributed by atoms with E-state index in [0.717, 1.165) is 11.1 Å². The van der Waals surface area contributed by atoms with Gasteiger partial charge in [-0.1, -0.05) is 42.5 Å². The van der Waals surface area contributed by atoms with Gasteiger partial charge in [0.25, 0.3) is 5.91 Å². The Morgan fingerprint density at radius 3 is 2.56 bits per heavy atom. The van der Waals surface area contributed by atoms with Gasteiger partial charge in [-0.05, 0) is 47.9 Å². The lowest BCUT2D eigenvalue weighted by Gasteiger charge is -2.24. The molecule has 2 heterocycles. The molecule has 1 aliphatic rings. The van der Waals surface area contributed by atoms with E-state index in [9.17, 15) is 24.3 Å². The lowest BCUT2D eigenvalue weighted by Crippen LogP contribution is -2.42. The molecule has 0 saturated heterocycles. The number of imidazole rings is 1. The summed E-state index contributed by atoms with van der Waals surface area (Å²) < 4.78 is 0. The van der Waals surface area contributed by atoms with E-state index >= 15 is 0 Å². The molecule has 1 aliphatic heterocycles. The average molecular weight is 526 g/mol. The number of carbonyl (C=O) groups is 4. The van der Waals surface area contributed by atoms with Crippen molar-refractivity contribution in [1.29, 1.82) is 0 Å². The summed E-state index contributed by atoms with van der Waals surface area (Å²) in [7, 11) is 0. The number of carboxylic acids is 1. The zero-order valence-corrected chi connectivity index (χ0v) is 21.0. The quantitative estimate of drug-likeness (QED) is 0.246. The van der Waals surface area contributed by atoms with Crippen molar-refractivity contribution in [3.8, 4) is 0 Å². The molecule has 0 aliphatic carbocycles. The fourth-order valence-corrected chi connectivity index (χ4v) is 4.60. The molecule has 0 fully saturated rings. The first kappa shape index (κ1) is 25.7. The second-order valence-corrected chi connectivity index (χ2v) is 9.37. The van der Waals surface area contributed by atoms with Gasteiger partial charge in [0.05, 0.1) is 24.0 Å². The van der Waals surface area contributed by atoms with Gasteiger partial charge in [0.1, 0.15) is 6.04 Å². The minimum Gasteiger partial charge on any atom is -0.481 e. The van der Waals surface area contributed by atoms with Gasteiger partial charge in [0.2, 0.25) is 11.7 Å². The molecule has 2 amide bonds. The number of benzene rings is 3. The molecule has 10 nitrogen and oxygen atoms in total. The van der Waals surface area contributed by atoms with Crippen LogP contribution in [0.5, 0.6) is 0 Å². The number of Topliss-reactive ketones (excluding diaryl/α,β-unsaturated/α-hetero) is 1. The number of ketones is 1. The first-order valence-electron chi connectivity index (χ1n) is 12.6.